The van der Waals surface area contributed by atoms with Crippen LogP contribution in [-0.2, 0) is 4.79 Å². The Kier molecular flexibility index (Phi) is 2.87. The molecule has 0 unspecified atom stereocenters. The molecule has 1 heterocycles. The normalized spacial score (nSPS) is 18.4. The number of carbonyl (C=O) groups excluding carboxylic acids is 1. The molecule has 14 heavy (non-hydrogen) atoms. The van der Waals surface area contributed by atoms with Crippen molar-refractivity contribution in [3.05, 3.63) is 18.3 Å². The van der Waals surface area contributed by atoms with E-state index in [1.54, 1.807) is 0 Å². The van der Waals surface area contributed by atoms with Gasteiger partial charge >= 0.3 is 0 Å². The lowest BCUT2D eigenvalue weighted by molar-refractivity contribution is -0.120. The molecule has 0 bridgehead atoms. The standard InChI is InChI=1S/C11H16N2O/c14-10-5-3-9(4-6-10)8-13-11-2-1-7-12-11/h1-2,7,9,12-13H,3-6,8H2. The van der Waals surface area contributed by atoms with E-state index in [2.05, 4.69) is 10.3 Å². The van der Waals surface area contributed by atoms with Crippen molar-refractivity contribution >= 4 is 11.6 Å². The molecule has 0 saturated heterocycles. The number of carbonyl (C=O) groups is 1. The number of ketones is 1. The number of H-pyrrole nitrogens is 1. The first-order chi connectivity index (χ1) is 6.84. The van der Waals surface area contributed by atoms with Crippen LogP contribution in [0.5, 0.6) is 0 Å². The van der Waals surface area contributed by atoms with Gasteiger partial charge in [0, 0.05) is 25.6 Å². The average molecular weight is 192 g/mol. The smallest absolute Gasteiger partial charge is 0.132 e. The molecule has 1 fully saturated rings. The fourth-order valence-electron chi connectivity index (χ4n) is 1.90. The van der Waals surface area contributed by atoms with E-state index in [9.17, 15) is 4.79 Å². The van der Waals surface area contributed by atoms with Gasteiger partial charge in [-0.25, -0.2) is 0 Å². The zero-order valence-corrected chi connectivity index (χ0v) is 8.25. The molecule has 2 N–H and O–H groups in total. The summed E-state index contributed by atoms with van der Waals surface area (Å²) in [6.45, 7) is 0.980. The average Bonchev–Trinajstić information content (AvgIpc) is 2.70. The molecule has 0 radical (unpaired) electrons. The Bertz CT molecular complexity index is 282. The summed E-state index contributed by atoms with van der Waals surface area (Å²) in [5, 5.41) is 3.34. The fourth-order valence-corrected chi connectivity index (χ4v) is 1.90. The summed E-state index contributed by atoms with van der Waals surface area (Å²) in [4.78, 5) is 14.1. The molecule has 1 aromatic rings. The summed E-state index contributed by atoms with van der Waals surface area (Å²) in [7, 11) is 0. The molecular formula is C11H16N2O. The Morgan fingerprint density at radius 2 is 2.21 bits per heavy atom. The van der Waals surface area contributed by atoms with Crippen LogP contribution in [0.1, 0.15) is 25.7 Å². The minimum absolute atomic E-state index is 0.432. The molecular weight excluding hydrogens is 176 g/mol. The number of Topliss-reactive ketones (excluding diaryl/α,β-unsaturated/α-hetero) is 1. The maximum Gasteiger partial charge on any atom is 0.132 e. The molecule has 0 amide bonds. The fraction of sp³-hybridized carbons (Fsp3) is 0.545. The minimum atomic E-state index is 0.432. The summed E-state index contributed by atoms with van der Waals surface area (Å²) >= 11 is 0. The Hall–Kier alpha value is -1.25. The van der Waals surface area contributed by atoms with Crippen molar-refractivity contribution in [1.29, 1.82) is 0 Å². The first-order valence-electron chi connectivity index (χ1n) is 5.23. The second-order valence-electron chi connectivity index (χ2n) is 3.95. The van der Waals surface area contributed by atoms with Gasteiger partial charge in [0.1, 0.15) is 11.6 Å². The summed E-state index contributed by atoms with van der Waals surface area (Å²) in [5.74, 6) is 2.17. The van der Waals surface area contributed by atoms with Crippen LogP contribution in [-0.4, -0.2) is 17.3 Å². The van der Waals surface area contributed by atoms with Gasteiger partial charge in [0.2, 0.25) is 0 Å². The van der Waals surface area contributed by atoms with Crippen LogP contribution >= 0.6 is 0 Å². The second kappa shape index (κ2) is 4.31. The van der Waals surface area contributed by atoms with Crippen molar-refractivity contribution in [2.24, 2.45) is 5.92 Å². The lowest BCUT2D eigenvalue weighted by atomic mass is 9.88. The van der Waals surface area contributed by atoms with Crippen molar-refractivity contribution < 1.29 is 4.79 Å². The lowest BCUT2D eigenvalue weighted by Crippen LogP contribution is -2.21. The Labute approximate surface area is 83.9 Å². The number of rotatable bonds is 3. The van der Waals surface area contributed by atoms with Gasteiger partial charge in [0.05, 0.1) is 0 Å². The highest BCUT2D eigenvalue weighted by Crippen LogP contribution is 2.21. The van der Waals surface area contributed by atoms with Gasteiger partial charge in [0.15, 0.2) is 0 Å². The number of nitrogens with one attached hydrogen (secondary N) is 2. The molecule has 1 aliphatic carbocycles. The van der Waals surface area contributed by atoms with Gasteiger partial charge in [-0.05, 0) is 30.9 Å². The van der Waals surface area contributed by atoms with Gasteiger partial charge < -0.3 is 10.3 Å². The predicted molar refractivity (Wildman–Crippen MR) is 56.2 cm³/mol. The van der Waals surface area contributed by atoms with E-state index in [1.807, 2.05) is 18.3 Å². The van der Waals surface area contributed by atoms with E-state index in [0.29, 0.717) is 11.7 Å². The van der Waals surface area contributed by atoms with E-state index < -0.39 is 0 Å². The molecule has 0 spiro atoms. The molecule has 1 aromatic heterocycles. The van der Waals surface area contributed by atoms with E-state index in [1.165, 1.54) is 0 Å². The molecule has 0 atom stereocenters. The Morgan fingerprint density at radius 1 is 1.43 bits per heavy atom. The number of aromatic nitrogens is 1. The van der Waals surface area contributed by atoms with Crippen molar-refractivity contribution in [3.63, 3.8) is 0 Å². The molecule has 1 aliphatic rings. The van der Waals surface area contributed by atoms with Crippen LogP contribution in [0.2, 0.25) is 0 Å². The van der Waals surface area contributed by atoms with Crippen LogP contribution in [0.15, 0.2) is 18.3 Å². The van der Waals surface area contributed by atoms with Gasteiger partial charge in [-0.3, -0.25) is 4.79 Å². The van der Waals surface area contributed by atoms with Crippen LogP contribution < -0.4 is 5.32 Å². The molecule has 2 rings (SSSR count). The number of anilines is 1. The summed E-state index contributed by atoms with van der Waals surface area (Å²) < 4.78 is 0. The quantitative estimate of drug-likeness (QED) is 0.771. The van der Waals surface area contributed by atoms with E-state index in [-0.39, 0.29) is 0 Å². The Balaban J connectivity index is 1.73. The van der Waals surface area contributed by atoms with Crippen LogP contribution in [0, 0.1) is 5.92 Å². The number of hydrogen-bond acceptors (Lipinski definition) is 2. The predicted octanol–water partition coefficient (Wildman–Crippen LogP) is 2.19. The minimum Gasteiger partial charge on any atom is -0.371 e. The van der Waals surface area contributed by atoms with Crippen LogP contribution in [0.3, 0.4) is 0 Å². The second-order valence-corrected chi connectivity index (χ2v) is 3.95. The third-order valence-corrected chi connectivity index (χ3v) is 2.84. The van der Waals surface area contributed by atoms with Gasteiger partial charge in [-0.1, -0.05) is 0 Å². The van der Waals surface area contributed by atoms with E-state index in [0.717, 1.165) is 38.0 Å². The van der Waals surface area contributed by atoms with Crippen LogP contribution in [0.25, 0.3) is 0 Å². The van der Waals surface area contributed by atoms with Crippen LogP contribution in [0.4, 0.5) is 5.82 Å². The third-order valence-electron chi connectivity index (χ3n) is 2.84. The molecule has 3 heteroatoms. The molecule has 0 aromatic carbocycles. The first kappa shape index (κ1) is 9.31. The molecule has 76 valence electrons. The molecule has 1 saturated carbocycles. The molecule has 0 aliphatic heterocycles. The van der Waals surface area contributed by atoms with Crippen molar-refractivity contribution in [3.8, 4) is 0 Å². The summed E-state index contributed by atoms with van der Waals surface area (Å²) in [6.07, 6.45) is 5.56. The highest BCUT2D eigenvalue weighted by Gasteiger charge is 2.18. The summed E-state index contributed by atoms with van der Waals surface area (Å²) in [5.41, 5.74) is 0. The maximum absolute atomic E-state index is 11.0. The number of hydrogen-bond donors (Lipinski definition) is 2. The van der Waals surface area contributed by atoms with E-state index in [4.69, 9.17) is 0 Å². The third kappa shape index (κ3) is 2.37. The highest BCUT2D eigenvalue weighted by atomic mass is 16.1. The summed E-state index contributed by atoms with van der Waals surface area (Å²) in [6, 6.07) is 4.00. The zero-order chi connectivity index (χ0) is 9.80. The van der Waals surface area contributed by atoms with Crippen molar-refractivity contribution in [2.75, 3.05) is 11.9 Å². The van der Waals surface area contributed by atoms with Gasteiger partial charge in [0.25, 0.3) is 0 Å². The Morgan fingerprint density at radius 3 is 2.86 bits per heavy atom. The largest absolute Gasteiger partial charge is 0.371 e. The monoisotopic (exact) mass is 192 g/mol. The molecule has 3 nitrogen and oxygen atoms in total. The van der Waals surface area contributed by atoms with Crippen molar-refractivity contribution in [1.82, 2.24) is 4.98 Å². The topological polar surface area (TPSA) is 44.9 Å². The number of aromatic amines is 1. The van der Waals surface area contributed by atoms with Crippen molar-refractivity contribution in [2.45, 2.75) is 25.7 Å². The van der Waals surface area contributed by atoms with Gasteiger partial charge in [-0.15, -0.1) is 0 Å². The zero-order valence-electron chi connectivity index (χ0n) is 8.25. The SMILES string of the molecule is O=C1CCC(CNc2ccc[nH]2)CC1. The lowest BCUT2D eigenvalue weighted by Gasteiger charge is -2.21. The van der Waals surface area contributed by atoms with Gasteiger partial charge in [-0.2, -0.15) is 0 Å². The maximum atomic E-state index is 11.0. The highest BCUT2D eigenvalue weighted by molar-refractivity contribution is 5.79. The first-order valence-corrected chi connectivity index (χ1v) is 5.23. The van der Waals surface area contributed by atoms with E-state index >= 15 is 0 Å².